The molecule has 5 heteroatoms. The van der Waals surface area contributed by atoms with Crippen molar-refractivity contribution in [3.05, 3.63) is 89.5 Å². The van der Waals surface area contributed by atoms with Gasteiger partial charge in [0.25, 0.3) is 0 Å². The number of ether oxygens (including phenoxy) is 2. The first kappa shape index (κ1) is 23.1. The summed E-state index contributed by atoms with van der Waals surface area (Å²) in [5, 5.41) is 9.30. The zero-order valence-corrected chi connectivity index (χ0v) is 18.4. The normalized spacial score (nSPS) is 10.7. The molecule has 0 aliphatic rings. The van der Waals surface area contributed by atoms with Crippen molar-refractivity contribution in [2.75, 3.05) is 0 Å². The van der Waals surface area contributed by atoms with Crippen LogP contribution in [0.2, 0.25) is 0 Å². The van der Waals surface area contributed by atoms with Gasteiger partial charge < -0.3 is 14.6 Å². The van der Waals surface area contributed by atoms with Gasteiger partial charge in [-0.15, -0.1) is 0 Å². The minimum Gasteiger partial charge on any atom is -0.508 e. The Bertz CT molecular complexity index is 1020. The molecule has 0 amide bonds. The molecule has 0 bridgehead atoms. The molecule has 32 heavy (non-hydrogen) atoms. The zero-order valence-electron chi connectivity index (χ0n) is 18.4. The second-order valence-electron chi connectivity index (χ2n) is 7.69. The predicted octanol–water partition coefficient (Wildman–Crippen LogP) is 6.51. The Hall–Kier alpha value is -3.60. The molecule has 0 saturated heterocycles. The first-order chi connectivity index (χ1) is 15.5. The summed E-state index contributed by atoms with van der Waals surface area (Å²) in [5.41, 5.74) is 1.94. The van der Waals surface area contributed by atoms with E-state index in [9.17, 15) is 14.7 Å². The van der Waals surface area contributed by atoms with Gasteiger partial charge in [-0.2, -0.15) is 0 Å². The summed E-state index contributed by atoms with van der Waals surface area (Å²) in [7, 11) is 0. The first-order valence-corrected chi connectivity index (χ1v) is 10.9. The maximum absolute atomic E-state index is 12.5. The topological polar surface area (TPSA) is 72.8 Å². The lowest BCUT2D eigenvalue weighted by Crippen LogP contribution is -2.10. The smallest absolute Gasteiger partial charge is 0.343 e. The number of phenols is 1. The summed E-state index contributed by atoms with van der Waals surface area (Å²) in [6.07, 6.45) is 4.58. The van der Waals surface area contributed by atoms with Crippen LogP contribution in [0.4, 0.5) is 0 Å². The molecular formula is C27H28O5. The van der Waals surface area contributed by atoms with Gasteiger partial charge >= 0.3 is 11.9 Å². The molecule has 0 aromatic heterocycles. The van der Waals surface area contributed by atoms with Crippen molar-refractivity contribution in [2.45, 2.75) is 45.4 Å². The molecule has 3 aromatic rings. The van der Waals surface area contributed by atoms with E-state index in [4.69, 9.17) is 9.47 Å². The molecule has 0 aliphatic heterocycles. The van der Waals surface area contributed by atoms with E-state index in [1.54, 1.807) is 12.1 Å². The van der Waals surface area contributed by atoms with Crippen LogP contribution < -0.4 is 9.47 Å². The second-order valence-corrected chi connectivity index (χ2v) is 7.69. The molecular weight excluding hydrogens is 404 g/mol. The number of phenolic OH excluding ortho intramolecular Hbond substituents is 1. The summed E-state index contributed by atoms with van der Waals surface area (Å²) in [6, 6.07) is 19.7. The summed E-state index contributed by atoms with van der Waals surface area (Å²) >= 11 is 0. The van der Waals surface area contributed by atoms with E-state index < -0.39 is 11.9 Å². The second kappa shape index (κ2) is 11.1. The average molecular weight is 433 g/mol. The van der Waals surface area contributed by atoms with E-state index in [0.29, 0.717) is 28.5 Å². The van der Waals surface area contributed by atoms with Crippen LogP contribution in [0.15, 0.2) is 72.8 Å². The highest BCUT2D eigenvalue weighted by Crippen LogP contribution is 2.28. The zero-order chi connectivity index (χ0) is 22.9. The van der Waals surface area contributed by atoms with Crippen molar-refractivity contribution < 1.29 is 24.2 Å². The van der Waals surface area contributed by atoms with Gasteiger partial charge in [0, 0.05) is 0 Å². The van der Waals surface area contributed by atoms with E-state index in [2.05, 4.69) is 13.8 Å². The monoisotopic (exact) mass is 432 g/mol. The highest BCUT2D eigenvalue weighted by Gasteiger charge is 2.13. The number of carbonyl (C=O) groups excluding carboxylic acids is 2. The molecule has 3 rings (SSSR count). The maximum Gasteiger partial charge on any atom is 0.343 e. The number of hydrogen-bond acceptors (Lipinski definition) is 5. The van der Waals surface area contributed by atoms with Crippen LogP contribution >= 0.6 is 0 Å². The fourth-order valence-electron chi connectivity index (χ4n) is 3.57. The maximum atomic E-state index is 12.5. The first-order valence-electron chi connectivity index (χ1n) is 10.9. The molecule has 0 radical (unpaired) electrons. The van der Waals surface area contributed by atoms with E-state index in [1.807, 2.05) is 24.3 Å². The van der Waals surface area contributed by atoms with Crippen molar-refractivity contribution in [1.29, 1.82) is 0 Å². The van der Waals surface area contributed by atoms with Crippen molar-refractivity contribution in [3.63, 3.8) is 0 Å². The number of esters is 2. The van der Waals surface area contributed by atoms with Crippen LogP contribution in [-0.2, 0) is 0 Å². The fraction of sp³-hybridized carbons (Fsp3) is 0.259. The summed E-state index contributed by atoms with van der Waals surface area (Å²) < 4.78 is 10.8. The van der Waals surface area contributed by atoms with Gasteiger partial charge in [-0.25, -0.2) is 9.59 Å². The Balaban J connectivity index is 1.59. The van der Waals surface area contributed by atoms with Gasteiger partial charge in [-0.3, -0.25) is 0 Å². The molecule has 0 unspecified atom stereocenters. The number of rotatable bonds is 9. The molecule has 0 saturated carbocycles. The van der Waals surface area contributed by atoms with Crippen molar-refractivity contribution in [1.82, 2.24) is 0 Å². The molecule has 0 spiro atoms. The third-order valence-electron chi connectivity index (χ3n) is 5.24. The van der Waals surface area contributed by atoms with Gasteiger partial charge in [0.2, 0.25) is 0 Å². The molecule has 0 atom stereocenters. The van der Waals surface area contributed by atoms with Gasteiger partial charge in [0.15, 0.2) is 0 Å². The Labute approximate surface area is 188 Å². The largest absolute Gasteiger partial charge is 0.508 e. The van der Waals surface area contributed by atoms with E-state index in [0.717, 1.165) is 25.7 Å². The number of hydrogen-bond donors (Lipinski definition) is 1. The van der Waals surface area contributed by atoms with E-state index in [-0.39, 0.29) is 5.75 Å². The third-order valence-corrected chi connectivity index (χ3v) is 5.24. The molecule has 5 nitrogen and oxygen atoms in total. The quantitative estimate of drug-likeness (QED) is 0.308. The van der Waals surface area contributed by atoms with E-state index in [1.165, 1.54) is 42.0 Å². The number of carbonyl (C=O) groups is 2. The summed E-state index contributed by atoms with van der Waals surface area (Å²) in [4.78, 5) is 24.6. The fourth-order valence-corrected chi connectivity index (χ4v) is 3.57. The van der Waals surface area contributed by atoms with Crippen LogP contribution in [0, 0.1) is 0 Å². The molecule has 166 valence electrons. The highest BCUT2D eigenvalue weighted by molar-refractivity contribution is 5.92. The SMILES string of the molecule is CCCC(CCC)c1ccc(OC(=O)c2ccc(OC(=O)c3ccc(O)cc3)cc2)cc1. The number of benzene rings is 3. The van der Waals surface area contributed by atoms with Crippen molar-refractivity contribution >= 4 is 11.9 Å². The van der Waals surface area contributed by atoms with Crippen LogP contribution in [0.1, 0.15) is 71.7 Å². The molecule has 3 aromatic carbocycles. The number of aromatic hydroxyl groups is 1. The Morgan fingerprint density at radius 1 is 0.688 bits per heavy atom. The Morgan fingerprint density at radius 2 is 1.09 bits per heavy atom. The lowest BCUT2D eigenvalue weighted by Gasteiger charge is -2.16. The van der Waals surface area contributed by atoms with Gasteiger partial charge in [-0.1, -0.05) is 38.8 Å². The Kier molecular flexibility index (Phi) is 8.03. The molecule has 0 aliphatic carbocycles. The minimum atomic E-state index is -0.551. The standard InChI is InChI=1S/C27H28O5/c1-3-5-19(6-4-2)20-9-15-24(16-10-20)31-27(30)22-11-17-25(18-12-22)32-26(29)21-7-13-23(28)14-8-21/h7-19,28H,3-6H2,1-2H3. The third kappa shape index (κ3) is 6.20. The van der Waals surface area contributed by atoms with Gasteiger partial charge in [-0.05, 0) is 85.0 Å². The van der Waals surface area contributed by atoms with Gasteiger partial charge in [0.1, 0.15) is 17.2 Å². The summed E-state index contributed by atoms with van der Waals surface area (Å²) in [6.45, 7) is 4.39. The van der Waals surface area contributed by atoms with Gasteiger partial charge in [0.05, 0.1) is 11.1 Å². The predicted molar refractivity (Wildman–Crippen MR) is 123 cm³/mol. The Morgan fingerprint density at radius 3 is 1.53 bits per heavy atom. The minimum absolute atomic E-state index is 0.0702. The van der Waals surface area contributed by atoms with Crippen molar-refractivity contribution in [3.8, 4) is 17.2 Å². The van der Waals surface area contributed by atoms with E-state index >= 15 is 0 Å². The van der Waals surface area contributed by atoms with Crippen LogP contribution in [-0.4, -0.2) is 17.0 Å². The molecule has 1 N–H and O–H groups in total. The molecule has 0 heterocycles. The lowest BCUT2D eigenvalue weighted by atomic mass is 9.90. The van der Waals surface area contributed by atoms with Crippen LogP contribution in [0.3, 0.4) is 0 Å². The lowest BCUT2D eigenvalue weighted by molar-refractivity contribution is 0.0730. The average Bonchev–Trinajstić information content (AvgIpc) is 2.80. The molecule has 0 fully saturated rings. The van der Waals surface area contributed by atoms with Crippen LogP contribution in [0.5, 0.6) is 17.2 Å². The summed E-state index contributed by atoms with van der Waals surface area (Å²) in [5.74, 6) is 0.375. The highest BCUT2D eigenvalue weighted by atomic mass is 16.5. The van der Waals surface area contributed by atoms with Crippen LogP contribution in [0.25, 0.3) is 0 Å². The van der Waals surface area contributed by atoms with Crippen molar-refractivity contribution in [2.24, 2.45) is 0 Å².